The largest absolute Gasteiger partial charge is 0.477 e. The van der Waals surface area contributed by atoms with Gasteiger partial charge in [-0.05, 0) is 54.3 Å². The smallest absolute Gasteiger partial charge is 0.263 e. The van der Waals surface area contributed by atoms with E-state index in [1.165, 1.54) is 0 Å². The number of hydrogen-bond donors (Lipinski definition) is 2. The molecule has 2 unspecified atom stereocenters. The Labute approximate surface area is 246 Å². The molecule has 1 aliphatic rings. The van der Waals surface area contributed by atoms with E-state index in [1.807, 2.05) is 66.7 Å². The second-order valence-electron chi connectivity index (χ2n) is 10.2. The van der Waals surface area contributed by atoms with Gasteiger partial charge in [0.2, 0.25) is 15.9 Å². The van der Waals surface area contributed by atoms with Crippen LogP contribution in [0.2, 0.25) is 0 Å². The molecule has 5 rings (SSSR count). The van der Waals surface area contributed by atoms with Crippen molar-refractivity contribution in [1.29, 1.82) is 0 Å². The van der Waals surface area contributed by atoms with E-state index in [4.69, 9.17) is 4.74 Å². The molecule has 2 atom stereocenters. The molecule has 2 amide bonds. The molecule has 9 heteroatoms. The van der Waals surface area contributed by atoms with Gasteiger partial charge in [0.05, 0.1) is 17.1 Å². The number of anilines is 1. The molecule has 4 aromatic rings. The zero-order valence-electron chi connectivity index (χ0n) is 23.3. The molecule has 0 aliphatic carbocycles. The fourth-order valence-corrected chi connectivity index (χ4v) is 6.07. The summed E-state index contributed by atoms with van der Waals surface area (Å²) in [6, 6.07) is 32.3. The summed E-state index contributed by atoms with van der Waals surface area (Å²) >= 11 is 0. The number of nitrogens with zero attached hydrogens (tertiary/aromatic N) is 1. The minimum absolute atomic E-state index is 0.0962. The van der Waals surface area contributed by atoms with Crippen LogP contribution in [0, 0.1) is 0 Å². The van der Waals surface area contributed by atoms with E-state index in [-0.39, 0.29) is 35.7 Å². The molecule has 0 aromatic heterocycles. The predicted octanol–water partition coefficient (Wildman–Crippen LogP) is 4.77. The van der Waals surface area contributed by atoms with Crippen LogP contribution in [0.3, 0.4) is 0 Å². The number of carbonyl (C=O) groups excluding carboxylic acids is 2. The third-order valence-electron chi connectivity index (χ3n) is 7.17. The number of fused-ring (bicyclic) bond motifs is 1. The first-order valence-corrected chi connectivity index (χ1v) is 15.3. The van der Waals surface area contributed by atoms with Gasteiger partial charge in [0.1, 0.15) is 5.75 Å². The minimum atomic E-state index is -3.72. The molecule has 1 heterocycles. The number of hydrogen-bond acceptors (Lipinski definition) is 5. The van der Waals surface area contributed by atoms with E-state index < -0.39 is 16.1 Å². The summed E-state index contributed by atoms with van der Waals surface area (Å²) in [6.45, 7) is 2.26. The number of sulfonamides is 1. The SMILES string of the molecule is CC(NS(=O)(=O)c1ccc(CCC(=O)N2CC(C(=O)NCc3ccccc3)Oc3ccccc32)cc1)c1ccccc1. The summed E-state index contributed by atoms with van der Waals surface area (Å²) in [4.78, 5) is 28.1. The van der Waals surface area contributed by atoms with Crippen molar-refractivity contribution in [2.75, 3.05) is 11.4 Å². The molecule has 0 fully saturated rings. The molecule has 216 valence electrons. The lowest BCUT2D eigenvalue weighted by Gasteiger charge is -2.34. The Bertz CT molecular complexity index is 1630. The van der Waals surface area contributed by atoms with E-state index in [0.29, 0.717) is 24.4 Å². The highest BCUT2D eigenvalue weighted by Gasteiger charge is 2.33. The third kappa shape index (κ3) is 7.05. The average Bonchev–Trinajstić information content (AvgIpc) is 3.02. The van der Waals surface area contributed by atoms with Gasteiger partial charge in [-0.15, -0.1) is 0 Å². The Morgan fingerprint density at radius 1 is 0.857 bits per heavy atom. The summed E-state index contributed by atoms with van der Waals surface area (Å²) in [5.41, 5.74) is 3.29. The summed E-state index contributed by atoms with van der Waals surface area (Å²) in [5.74, 6) is 0.0311. The predicted molar refractivity (Wildman–Crippen MR) is 161 cm³/mol. The fourth-order valence-electron chi connectivity index (χ4n) is 4.84. The standard InChI is InChI=1S/C33H33N3O5S/c1-24(27-12-6-3-7-13-27)35-42(39,40)28-19-16-25(17-20-28)18-21-32(37)36-23-31(41-30-15-9-8-14-29(30)36)33(38)34-22-26-10-4-2-5-11-26/h2-17,19-20,24,31,35H,18,21-23H2,1H3,(H,34,38). The van der Waals surface area contributed by atoms with Gasteiger partial charge in [-0.2, -0.15) is 0 Å². The van der Waals surface area contributed by atoms with E-state index in [2.05, 4.69) is 10.0 Å². The minimum Gasteiger partial charge on any atom is -0.477 e. The second-order valence-corrected chi connectivity index (χ2v) is 11.9. The highest BCUT2D eigenvalue weighted by Crippen LogP contribution is 2.33. The van der Waals surface area contributed by atoms with E-state index in [0.717, 1.165) is 16.7 Å². The molecule has 0 radical (unpaired) electrons. The second kappa shape index (κ2) is 13.0. The van der Waals surface area contributed by atoms with Crippen LogP contribution >= 0.6 is 0 Å². The number of benzene rings is 4. The Morgan fingerprint density at radius 2 is 1.50 bits per heavy atom. The van der Waals surface area contributed by atoms with Gasteiger partial charge in [0.25, 0.3) is 5.91 Å². The highest BCUT2D eigenvalue weighted by molar-refractivity contribution is 7.89. The van der Waals surface area contributed by atoms with Crippen molar-refractivity contribution in [3.63, 3.8) is 0 Å². The summed E-state index contributed by atoms with van der Waals surface area (Å²) < 4.78 is 34.5. The number of para-hydroxylation sites is 2. The van der Waals surface area contributed by atoms with Crippen molar-refractivity contribution in [1.82, 2.24) is 10.0 Å². The van der Waals surface area contributed by atoms with Crippen LogP contribution < -0.4 is 19.7 Å². The zero-order valence-corrected chi connectivity index (χ0v) is 24.1. The van der Waals surface area contributed by atoms with Crippen LogP contribution in [-0.2, 0) is 32.6 Å². The van der Waals surface area contributed by atoms with Gasteiger partial charge >= 0.3 is 0 Å². The maximum Gasteiger partial charge on any atom is 0.263 e. The molecule has 0 spiro atoms. The molecule has 0 saturated carbocycles. The maximum absolute atomic E-state index is 13.4. The van der Waals surface area contributed by atoms with Gasteiger partial charge in [-0.1, -0.05) is 84.9 Å². The Hall–Kier alpha value is -4.47. The molecule has 4 aromatic carbocycles. The molecule has 0 saturated heterocycles. The molecular formula is C33H33N3O5S. The number of amides is 2. The lowest BCUT2D eigenvalue weighted by atomic mass is 10.1. The van der Waals surface area contributed by atoms with Crippen LogP contribution in [0.1, 0.15) is 36.1 Å². The zero-order chi connectivity index (χ0) is 29.5. The highest BCUT2D eigenvalue weighted by atomic mass is 32.2. The normalized spacial score (nSPS) is 15.3. The van der Waals surface area contributed by atoms with Crippen LogP contribution in [0.4, 0.5) is 5.69 Å². The van der Waals surface area contributed by atoms with Gasteiger partial charge in [-0.25, -0.2) is 13.1 Å². The fraction of sp³-hybridized carbons (Fsp3) is 0.212. The maximum atomic E-state index is 13.4. The molecular weight excluding hydrogens is 550 g/mol. The van der Waals surface area contributed by atoms with Crippen molar-refractivity contribution < 1.29 is 22.7 Å². The summed E-state index contributed by atoms with van der Waals surface area (Å²) in [7, 11) is -3.72. The van der Waals surface area contributed by atoms with Gasteiger partial charge in [-0.3, -0.25) is 9.59 Å². The van der Waals surface area contributed by atoms with E-state index >= 15 is 0 Å². The van der Waals surface area contributed by atoms with Gasteiger partial charge in [0.15, 0.2) is 6.10 Å². The molecule has 8 nitrogen and oxygen atoms in total. The first kappa shape index (κ1) is 29.0. The average molecular weight is 584 g/mol. The number of ether oxygens (including phenoxy) is 1. The topological polar surface area (TPSA) is 105 Å². The first-order chi connectivity index (χ1) is 20.3. The monoisotopic (exact) mass is 583 g/mol. The van der Waals surface area contributed by atoms with Crippen molar-refractivity contribution in [2.45, 2.75) is 43.4 Å². The molecule has 42 heavy (non-hydrogen) atoms. The van der Waals surface area contributed by atoms with Crippen molar-refractivity contribution in [3.8, 4) is 5.75 Å². The number of aryl methyl sites for hydroxylation is 1. The van der Waals surface area contributed by atoms with Crippen molar-refractivity contribution >= 4 is 27.5 Å². The molecule has 0 bridgehead atoms. The first-order valence-electron chi connectivity index (χ1n) is 13.8. The van der Waals surface area contributed by atoms with Crippen LogP contribution in [0.5, 0.6) is 5.75 Å². The Kier molecular flexibility index (Phi) is 9.00. The van der Waals surface area contributed by atoms with E-state index in [1.54, 1.807) is 54.3 Å². The Balaban J connectivity index is 1.20. The van der Waals surface area contributed by atoms with Crippen LogP contribution in [-0.4, -0.2) is 32.9 Å². The number of rotatable bonds is 10. The molecule has 1 aliphatic heterocycles. The van der Waals surface area contributed by atoms with Gasteiger partial charge < -0.3 is 15.0 Å². The lowest BCUT2D eigenvalue weighted by molar-refractivity contribution is -0.128. The Morgan fingerprint density at radius 3 is 2.21 bits per heavy atom. The van der Waals surface area contributed by atoms with E-state index in [9.17, 15) is 18.0 Å². The van der Waals surface area contributed by atoms with Crippen LogP contribution in [0.15, 0.2) is 114 Å². The lowest BCUT2D eigenvalue weighted by Crippen LogP contribution is -2.50. The third-order valence-corrected chi connectivity index (χ3v) is 8.73. The number of carbonyl (C=O) groups is 2. The summed E-state index contributed by atoms with van der Waals surface area (Å²) in [5, 5.41) is 2.90. The molecule has 2 N–H and O–H groups in total. The number of nitrogens with one attached hydrogen (secondary N) is 2. The quantitative estimate of drug-likeness (QED) is 0.280. The van der Waals surface area contributed by atoms with Crippen LogP contribution in [0.25, 0.3) is 0 Å². The van der Waals surface area contributed by atoms with Crippen molar-refractivity contribution in [2.24, 2.45) is 0 Å². The van der Waals surface area contributed by atoms with Crippen molar-refractivity contribution in [3.05, 3.63) is 126 Å². The van der Waals surface area contributed by atoms with Gasteiger partial charge in [0, 0.05) is 19.0 Å². The summed E-state index contributed by atoms with van der Waals surface area (Å²) in [6.07, 6.45) is -0.248.